The molecule has 0 fully saturated rings. The first kappa shape index (κ1) is 17.2. The number of rotatable bonds is 7. The highest BCUT2D eigenvalue weighted by Gasteiger charge is 2.32. The lowest BCUT2D eigenvalue weighted by molar-refractivity contribution is 0.103. The van der Waals surface area contributed by atoms with Crippen molar-refractivity contribution in [3.05, 3.63) is 29.8 Å². The summed E-state index contributed by atoms with van der Waals surface area (Å²) < 4.78 is 29.1. The van der Waals surface area contributed by atoms with Crippen LogP contribution in [-0.2, 0) is 13.6 Å². The second-order valence-electron chi connectivity index (χ2n) is 5.54. The lowest BCUT2D eigenvalue weighted by Crippen LogP contribution is -2.12. The maximum Gasteiger partial charge on any atom is 0.530 e. The first-order valence-corrected chi connectivity index (χ1v) is 8.45. The van der Waals surface area contributed by atoms with Crippen molar-refractivity contribution in [1.82, 2.24) is 0 Å². The number of para-hydroxylation sites is 1. The summed E-state index contributed by atoms with van der Waals surface area (Å²) >= 11 is 0. The second kappa shape index (κ2) is 7.26. The first-order chi connectivity index (χ1) is 9.23. The molecule has 0 heterocycles. The molecule has 0 spiro atoms. The Labute approximate surface area is 122 Å². The summed E-state index contributed by atoms with van der Waals surface area (Å²) in [6.07, 6.45) is -0.489. The molecule has 1 aromatic carbocycles. The fourth-order valence-corrected chi connectivity index (χ4v) is 3.32. The van der Waals surface area contributed by atoms with Crippen molar-refractivity contribution in [3.8, 4) is 5.75 Å². The van der Waals surface area contributed by atoms with Crippen LogP contribution in [0.25, 0.3) is 0 Å². The Morgan fingerprint density at radius 1 is 0.900 bits per heavy atom. The zero-order chi connectivity index (χ0) is 15.3. The Balaban J connectivity index is 3.04. The van der Waals surface area contributed by atoms with Crippen molar-refractivity contribution in [2.75, 3.05) is 0 Å². The third kappa shape index (κ3) is 5.28. The van der Waals surface area contributed by atoms with Gasteiger partial charge in [0.2, 0.25) is 0 Å². The third-order valence-electron chi connectivity index (χ3n) is 2.43. The Hall–Kier alpha value is -0.830. The van der Waals surface area contributed by atoms with E-state index in [1.807, 2.05) is 18.2 Å². The van der Waals surface area contributed by atoms with Crippen LogP contribution in [0, 0.1) is 0 Å². The number of benzene rings is 1. The van der Waals surface area contributed by atoms with Gasteiger partial charge < -0.3 is 4.52 Å². The molecule has 0 aromatic heterocycles. The van der Waals surface area contributed by atoms with Gasteiger partial charge in [0.1, 0.15) is 5.75 Å². The smallest absolute Gasteiger partial charge is 0.404 e. The largest absolute Gasteiger partial charge is 0.530 e. The van der Waals surface area contributed by atoms with E-state index >= 15 is 0 Å². The van der Waals surface area contributed by atoms with Gasteiger partial charge in [0.25, 0.3) is 0 Å². The Morgan fingerprint density at radius 3 is 1.85 bits per heavy atom. The minimum Gasteiger partial charge on any atom is -0.404 e. The summed E-state index contributed by atoms with van der Waals surface area (Å²) in [5.74, 6) is 0.810. The van der Waals surface area contributed by atoms with E-state index in [0.29, 0.717) is 5.75 Å². The molecule has 0 aliphatic carbocycles. The van der Waals surface area contributed by atoms with Crippen molar-refractivity contribution < 1.29 is 18.1 Å². The fraction of sp³-hybridized carbons (Fsp3) is 0.600. The van der Waals surface area contributed by atoms with Crippen LogP contribution < -0.4 is 4.52 Å². The van der Waals surface area contributed by atoms with Crippen molar-refractivity contribution in [3.63, 3.8) is 0 Å². The minimum atomic E-state index is -3.62. The summed E-state index contributed by atoms with van der Waals surface area (Å²) in [5.41, 5.74) is 0.979. The average Bonchev–Trinajstić information content (AvgIpc) is 2.26. The molecule has 5 heteroatoms. The number of hydrogen-bond donors (Lipinski definition) is 0. The standard InChI is InChI=1S/C15H25O4P/c1-11(2)14-9-7-8-10-15(14)19-20(16,17-12(3)4)18-13(5)6/h7-13H,1-6H3. The van der Waals surface area contributed by atoms with Gasteiger partial charge >= 0.3 is 7.82 Å². The molecular formula is C15H25O4P. The van der Waals surface area contributed by atoms with Crippen molar-refractivity contribution in [1.29, 1.82) is 0 Å². The van der Waals surface area contributed by atoms with Gasteiger partial charge in [-0.05, 0) is 45.2 Å². The van der Waals surface area contributed by atoms with Crippen molar-refractivity contribution >= 4 is 7.82 Å². The number of phosphoric ester groups is 1. The minimum absolute atomic E-state index is 0.245. The highest BCUT2D eigenvalue weighted by molar-refractivity contribution is 7.49. The van der Waals surface area contributed by atoms with E-state index in [1.54, 1.807) is 33.8 Å². The summed E-state index contributed by atoms with van der Waals surface area (Å²) in [6, 6.07) is 7.51. The molecule has 0 bridgehead atoms. The molecule has 0 saturated carbocycles. The maximum atomic E-state index is 12.7. The predicted molar refractivity (Wildman–Crippen MR) is 81.2 cm³/mol. The van der Waals surface area contributed by atoms with Crippen LogP contribution in [0.3, 0.4) is 0 Å². The molecule has 0 radical (unpaired) electrons. The lowest BCUT2D eigenvalue weighted by Gasteiger charge is -2.23. The first-order valence-electron chi connectivity index (χ1n) is 6.99. The molecule has 0 aliphatic heterocycles. The van der Waals surface area contributed by atoms with Gasteiger partial charge in [-0.3, -0.25) is 9.05 Å². The van der Waals surface area contributed by atoms with Gasteiger partial charge in [-0.15, -0.1) is 0 Å². The highest BCUT2D eigenvalue weighted by atomic mass is 31.2. The van der Waals surface area contributed by atoms with Gasteiger partial charge in [0.05, 0.1) is 12.2 Å². The summed E-state index contributed by atoms with van der Waals surface area (Å²) in [6.45, 7) is 11.3. The Kier molecular flexibility index (Phi) is 6.25. The molecule has 0 unspecified atom stereocenters. The van der Waals surface area contributed by atoms with E-state index in [2.05, 4.69) is 13.8 Å². The van der Waals surface area contributed by atoms with E-state index in [4.69, 9.17) is 13.6 Å². The third-order valence-corrected chi connectivity index (χ3v) is 4.21. The molecular weight excluding hydrogens is 275 g/mol. The highest BCUT2D eigenvalue weighted by Crippen LogP contribution is 2.52. The van der Waals surface area contributed by atoms with Crippen LogP contribution in [0.2, 0.25) is 0 Å². The molecule has 4 nitrogen and oxygen atoms in total. The van der Waals surface area contributed by atoms with Crippen molar-refractivity contribution in [2.24, 2.45) is 0 Å². The van der Waals surface area contributed by atoms with Gasteiger partial charge in [-0.25, -0.2) is 4.57 Å². The van der Waals surface area contributed by atoms with Crippen LogP contribution in [0.5, 0.6) is 5.75 Å². The van der Waals surface area contributed by atoms with Gasteiger partial charge in [-0.2, -0.15) is 0 Å². The van der Waals surface area contributed by atoms with E-state index in [1.165, 1.54) is 0 Å². The van der Waals surface area contributed by atoms with Crippen LogP contribution in [0.15, 0.2) is 24.3 Å². The molecule has 0 amide bonds. The molecule has 0 saturated heterocycles. The molecule has 1 aromatic rings. The summed E-state index contributed by atoms with van der Waals surface area (Å²) in [4.78, 5) is 0. The average molecular weight is 300 g/mol. The zero-order valence-electron chi connectivity index (χ0n) is 13.1. The number of hydrogen-bond acceptors (Lipinski definition) is 4. The SMILES string of the molecule is CC(C)OP(=O)(Oc1ccccc1C(C)C)OC(C)C. The van der Waals surface area contributed by atoms with Gasteiger partial charge in [0.15, 0.2) is 0 Å². The molecule has 1 rings (SSSR count). The van der Waals surface area contributed by atoms with E-state index in [9.17, 15) is 4.57 Å². The fourth-order valence-electron chi connectivity index (χ4n) is 1.75. The van der Waals surface area contributed by atoms with E-state index < -0.39 is 7.82 Å². The Bertz CT molecular complexity index is 455. The molecule has 0 aliphatic rings. The summed E-state index contributed by atoms with van der Waals surface area (Å²) in [5, 5.41) is 0. The number of phosphoric acid groups is 1. The Morgan fingerprint density at radius 2 is 1.40 bits per heavy atom. The van der Waals surface area contributed by atoms with Crippen LogP contribution in [0.4, 0.5) is 0 Å². The summed E-state index contributed by atoms with van der Waals surface area (Å²) in [7, 11) is -3.62. The quantitative estimate of drug-likeness (QED) is 0.653. The molecule has 20 heavy (non-hydrogen) atoms. The van der Waals surface area contributed by atoms with Gasteiger partial charge in [-0.1, -0.05) is 32.0 Å². The second-order valence-corrected chi connectivity index (χ2v) is 7.04. The normalized spacial score (nSPS) is 12.4. The molecule has 0 atom stereocenters. The maximum absolute atomic E-state index is 12.7. The van der Waals surface area contributed by atoms with E-state index in [0.717, 1.165) is 5.56 Å². The zero-order valence-corrected chi connectivity index (χ0v) is 14.0. The van der Waals surface area contributed by atoms with Gasteiger partial charge in [0, 0.05) is 0 Å². The topological polar surface area (TPSA) is 44.8 Å². The van der Waals surface area contributed by atoms with Crippen LogP contribution in [0.1, 0.15) is 53.0 Å². The van der Waals surface area contributed by atoms with Crippen molar-refractivity contribution in [2.45, 2.75) is 59.7 Å². The monoisotopic (exact) mass is 300 g/mol. The lowest BCUT2D eigenvalue weighted by atomic mass is 10.0. The molecule has 0 N–H and O–H groups in total. The predicted octanol–water partition coefficient (Wildman–Crippen LogP) is 5.15. The van der Waals surface area contributed by atoms with E-state index in [-0.39, 0.29) is 18.1 Å². The van der Waals surface area contributed by atoms with Crippen LogP contribution in [-0.4, -0.2) is 12.2 Å². The molecule has 114 valence electrons. The van der Waals surface area contributed by atoms with Crippen LogP contribution >= 0.6 is 7.82 Å².